The summed E-state index contributed by atoms with van der Waals surface area (Å²) in [6.45, 7) is 3.58. The van der Waals surface area contributed by atoms with E-state index in [0.717, 1.165) is 28.8 Å². The van der Waals surface area contributed by atoms with Crippen LogP contribution in [0.3, 0.4) is 0 Å². The van der Waals surface area contributed by atoms with Gasteiger partial charge >= 0.3 is 0 Å². The molecule has 4 nitrogen and oxygen atoms in total. The Morgan fingerprint density at radius 2 is 1.84 bits per heavy atom. The summed E-state index contributed by atoms with van der Waals surface area (Å²) < 4.78 is 0. The Morgan fingerprint density at radius 3 is 2.52 bits per heavy atom. The summed E-state index contributed by atoms with van der Waals surface area (Å²) in [6.07, 6.45) is 0. The molecular formula is C18H21IN4S2. The molecule has 0 saturated heterocycles. The van der Waals surface area contributed by atoms with Crippen LogP contribution in [0.4, 0.5) is 0 Å². The van der Waals surface area contributed by atoms with Gasteiger partial charge in [0.2, 0.25) is 0 Å². The molecule has 25 heavy (non-hydrogen) atoms. The minimum Gasteiger partial charge on any atom is -0.352 e. The van der Waals surface area contributed by atoms with Gasteiger partial charge in [-0.1, -0.05) is 30.3 Å². The van der Waals surface area contributed by atoms with E-state index in [9.17, 15) is 0 Å². The molecule has 0 aliphatic rings. The van der Waals surface area contributed by atoms with Gasteiger partial charge < -0.3 is 10.6 Å². The highest BCUT2D eigenvalue weighted by atomic mass is 127. The molecule has 0 radical (unpaired) electrons. The van der Waals surface area contributed by atoms with E-state index in [-0.39, 0.29) is 24.0 Å². The van der Waals surface area contributed by atoms with E-state index in [2.05, 4.69) is 56.5 Å². The van der Waals surface area contributed by atoms with E-state index >= 15 is 0 Å². The van der Waals surface area contributed by atoms with Crippen molar-refractivity contribution >= 4 is 52.6 Å². The Balaban J connectivity index is 0.00000225. The molecule has 2 heterocycles. The van der Waals surface area contributed by atoms with Crippen LogP contribution in [-0.2, 0) is 13.1 Å². The standard InChI is InChI=1S/C18H20N4S2.HI/c1-13-8-9-23-16(13)10-20-18(19-2)21-11-17-22-15(12-24-17)14-6-4-3-5-7-14;/h3-9,12H,10-11H2,1-2H3,(H2,19,20,21);1H. The molecule has 3 rings (SSSR count). The molecule has 0 atom stereocenters. The summed E-state index contributed by atoms with van der Waals surface area (Å²) >= 11 is 3.42. The van der Waals surface area contributed by atoms with Gasteiger partial charge in [-0.25, -0.2) is 4.98 Å². The van der Waals surface area contributed by atoms with Crippen molar-refractivity contribution in [2.24, 2.45) is 4.99 Å². The van der Waals surface area contributed by atoms with Crippen molar-refractivity contribution in [3.05, 3.63) is 62.6 Å². The van der Waals surface area contributed by atoms with Crippen LogP contribution in [-0.4, -0.2) is 18.0 Å². The second-order valence-corrected chi connectivity index (χ2v) is 7.24. The summed E-state index contributed by atoms with van der Waals surface area (Å²) in [4.78, 5) is 10.3. The molecule has 0 amide bonds. The lowest BCUT2D eigenvalue weighted by atomic mass is 10.2. The molecule has 0 aliphatic carbocycles. The molecule has 3 aromatic rings. The predicted molar refractivity (Wildman–Crippen MR) is 119 cm³/mol. The van der Waals surface area contributed by atoms with Gasteiger partial charge in [-0.05, 0) is 23.9 Å². The van der Waals surface area contributed by atoms with Crippen molar-refractivity contribution < 1.29 is 0 Å². The van der Waals surface area contributed by atoms with Crippen LogP contribution in [0.1, 0.15) is 15.4 Å². The first-order valence-corrected chi connectivity index (χ1v) is 9.49. The van der Waals surface area contributed by atoms with Crippen molar-refractivity contribution in [1.29, 1.82) is 0 Å². The van der Waals surface area contributed by atoms with Crippen molar-refractivity contribution in [3.63, 3.8) is 0 Å². The summed E-state index contributed by atoms with van der Waals surface area (Å²) in [7, 11) is 1.79. The third-order valence-electron chi connectivity index (χ3n) is 3.64. The molecular weight excluding hydrogens is 463 g/mol. The summed E-state index contributed by atoms with van der Waals surface area (Å²) in [5.74, 6) is 0.791. The fourth-order valence-corrected chi connectivity index (χ4v) is 3.85. The minimum atomic E-state index is 0. The molecule has 2 N–H and O–H groups in total. The quantitative estimate of drug-likeness (QED) is 0.315. The van der Waals surface area contributed by atoms with Gasteiger partial charge in [0, 0.05) is 22.9 Å². The molecule has 7 heteroatoms. The minimum absolute atomic E-state index is 0. The van der Waals surface area contributed by atoms with Crippen LogP contribution in [0.5, 0.6) is 0 Å². The monoisotopic (exact) mass is 484 g/mol. The number of thiophene rings is 1. The Bertz CT molecular complexity index is 811. The van der Waals surface area contributed by atoms with Crippen molar-refractivity contribution in [2.45, 2.75) is 20.0 Å². The van der Waals surface area contributed by atoms with Crippen LogP contribution in [0, 0.1) is 6.92 Å². The average molecular weight is 484 g/mol. The van der Waals surface area contributed by atoms with Crippen LogP contribution in [0.2, 0.25) is 0 Å². The van der Waals surface area contributed by atoms with Gasteiger partial charge in [-0.15, -0.1) is 46.7 Å². The number of halogens is 1. The van der Waals surface area contributed by atoms with Crippen molar-refractivity contribution in [2.75, 3.05) is 7.05 Å². The van der Waals surface area contributed by atoms with Gasteiger partial charge in [0.15, 0.2) is 5.96 Å². The fourth-order valence-electron chi connectivity index (χ4n) is 2.26. The molecule has 0 unspecified atom stereocenters. The smallest absolute Gasteiger partial charge is 0.191 e. The lowest BCUT2D eigenvalue weighted by Crippen LogP contribution is -2.36. The molecule has 0 aliphatic heterocycles. The number of nitrogens with zero attached hydrogens (tertiary/aromatic N) is 2. The average Bonchev–Trinajstić information content (AvgIpc) is 3.25. The third-order valence-corrected chi connectivity index (χ3v) is 5.51. The first-order chi connectivity index (χ1) is 11.8. The maximum absolute atomic E-state index is 4.69. The lowest BCUT2D eigenvalue weighted by Gasteiger charge is -2.10. The lowest BCUT2D eigenvalue weighted by molar-refractivity contribution is 0.809. The Kier molecular flexibility index (Phi) is 7.86. The zero-order valence-corrected chi connectivity index (χ0v) is 18.1. The van der Waals surface area contributed by atoms with Crippen molar-refractivity contribution in [1.82, 2.24) is 15.6 Å². The highest BCUT2D eigenvalue weighted by Crippen LogP contribution is 2.21. The maximum atomic E-state index is 4.69. The third kappa shape index (κ3) is 5.52. The van der Waals surface area contributed by atoms with Crippen LogP contribution in [0.15, 0.2) is 52.2 Å². The molecule has 1 aromatic carbocycles. The maximum Gasteiger partial charge on any atom is 0.191 e. The first kappa shape index (κ1) is 19.9. The molecule has 132 valence electrons. The van der Waals surface area contributed by atoms with Crippen LogP contribution in [0.25, 0.3) is 11.3 Å². The van der Waals surface area contributed by atoms with E-state index in [1.165, 1.54) is 10.4 Å². The number of rotatable bonds is 5. The first-order valence-electron chi connectivity index (χ1n) is 7.73. The van der Waals surface area contributed by atoms with E-state index in [1.807, 2.05) is 18.2 Å². The predicted octanol–water partition coefficient (Wildman–Crippen LogP) is 4.66. The topological polar surface area (TPSA) is 49.3 Å². The van der Waals surface area contributed by atoms with Gasteiger partial charge in [0.05, 0.1) is 18.8 Å². The zero-order chi connectivity index (χ0) is 16.8. The number of guanidine groups is 1. The highest BCUT2D eigenvalue weighted by molar-refractivity contribution is 14.0. The van der Waals surface area contributed by atoms with E-state index < -0.39 is 0 Å². The van der Waals surface area contributed by atoms with E-state index in [1.54, 1.807) is 29.7 Å². The number of hydrogen-bond acceptors (Lipinski definition) is 4. The van der Waals surface area contributed by atoms with Gasteiger partial charge in [0.1, 0.15) is 5.01 Å². The highest BCUT2D eigenvalue weighted by Gasteiger charge is 2.06. The van der Waals surface area contributed by atoms with Crippen molar-refractivity contribution in [3.8, 4) is 11.3 Å². The molecule has 0 spiro atoms. The van der Waals surface area contributed by atoms with Crippen LogP contribution < -0.4 is 10.6 Å². The Morgan fingerprint density at radius 1 is 1.08 bits per heavy atom. The summed E-state index contributed by atoms with van der Waals surface area (Å²) in [6, 6.07) is 12.4. The normalized spacial score (nSPS) is 11.0. The second-order valence-electron chi connectivity index (χ2n) is 5.30. The number of aryl methyl sites for hydroxylation is 1. The molecule has 0 bridgehead atoms. The Hall–Kier alpha value is -1.45. The number of thiazole rings is 1. The van der Waals surface area contributed by atoms with E-state index in [4.69, 9.17) is 0 Å². The fraction of sp³-hybridized carbons (Fsp3) is 0.222. The SMILES string of the molecule is CN=C(NCc1nc(-c2ccccc2)cs1)NCc1sccc1C.I. The van der Waals surface area contributed by atoms with Crippen LogP contribution >= 0.6 is 46.7 Å². The zero-order valence-electron chi connectivity index (χ0n) is 14.2. The molecule has 2 aromatic heterocycles. The molecule has 0 saturated carbocycles. The van der Waals surface area contributed by atoms with Gasteiger partial charge in [-0.3, -0.25) is 4.99 Å². The summed E-state index contributed by atoms with van der Waals surface area (Å²) in [5.41, 5.74) is 3.49. The second kappa shape index (κ2) is 9.88. The summed E-state index contributed by atoms with van der Waals surface area (Å²) in [5, 5.41) is 11.9. The molecule has 0 fully saturated rings. The number of hydrogen-bond donors (Lipinski definition) is 2. The number of aliphatic imine (C=N–C) groups is 1. The van der Waals surface area contributed by atoms with Gasteiger partial charge in [0.25, 0.3) is 0 Å². The Labute approximate surface area is 173 Å². The number of benzene rings is 1. The number of aromatic nitrogens is 1. The number of nitrogens with one attached hydrogen (secondary N) is 2. The largest absolute Gasteiger partial charge is 0.352 e. The van der Waals surface area contributed by atoms with E-state index in [0.29, 0.717) is 6.54 Å². The van der Waals surface area contributed by atoms with Gasteiger partial charge in [-0.2, -0.15) is 0 Å².